The standard InChI is InChI=1S/C40H30FIN2OS/c1-40(2,3)34-22-29(42)19-27(38(34)45)23-43-35-14-7-6-12-32(35)39-44-37-33(31-13-8-10-25-9-4-5-11-30(25)31)20-26(21-36(37)46-39)24-15-17-28(41)18-16-24/h4-23,45H,1-3H3. The highest BCUT2D eigenvalue weighted by Crippen LogP contribution is 2.43. The smallest absolute Gasteiger partial charge is 0.128 e. The molecular formula is C40H30FIN2OS. The summed E-state index contributed by atoms with van der Waals surface area (Å²) in [5.74, 6) is -0.00769. The van der Waals surface area contributed by atoms with Gasteiger partial charge in [0.15, 0.2) is 0 Å². The number of aliphatic imine (C=N–C) groups is 1. The van der Waals surface area contributed by atoms with Crippen molar-refractivity contribution in [3.63, 3.8) is 0 Å². The van der Waals surface area contributed by atoms with Crippen LogP contribution in [0.4, 0.5) is 10.1 Å². The summed E-state index contributed by atoms with van der Waals surface area (Å²) in [6, 6.07) is 37.6. The maximum Gasteiger partial charge on any atom is 0.128 e. The topological polar surface area (TPSA) is 45.5 Å². The quantitative estimate of drug-likeness (QED) is 0.141. The van der Waals surface area contributed by atoms with E-state index in [1.54, 1.807) is 17.6 Å². The molecule has 226 valence electrons. The first-order chi connectivity index (χ1) is 22.2. The SMILES string of the molecule is CC(C)(C)c1cc(I)cc(C=Nc2ccccc2-c2nc3c(-c4cccc5ccccc45)cc(-c4ccc(F)cc4)cc3s2)c1O. The van der Waals surface area contributed by atoms with Crippen molar-refractivity contribution < 1.29 is 9.50 Å². The van der Waals surface area contributed by atoms with Crippen LogP contribution in [-0.4, -0.2) is 16.3 Å². The number of aromatic nitrogens is 1. The maximum absolute atomic E-state index is 13.9. The van der Waals surface area contributed by atoms with Gasteiger partial charge in [0.25, 0.3) is 0 Å². The van der Waals surface area contributed by atoms with Gasteiger partial charge in [-0.3, -0.25) is 4.99 Å². The van der Waals surface area contributed by atoms with Crippen LogP contribution < -0.4 is 0 Å². The van der Waals surface area contributed by atoms with Gasteiger partial charge < -0.3 is 5.11 Å². The molecule has 6 heteroatoms. The van der Waals surface area contributed by atoms with Crippen LogP contribution in [0.1, 0.15) is 31.9 Å². The van der Waals surface area contributed by atoms with Crippen molar-refractivity contribution in [2.75, 3.05) is 0 Å². The van der Waals surface area contributed by atoms with Crippen LogP contribution in [0.5, 0.6) is 5.75 Å². The number of aromatic hydroxyl groups is 1. The third kappa shape index (κ3) is 5.83. The van der Waals surface area contributed by atoms with E-state index in [1.807, 2.05) is 48.5 Å². The maximum atomic E-state index is 13.9. The molecule has 0 unspecified atom stereocenters. The molecule has 0 aliphatic heterocycles. The molecule has 1 aromatic heterocycles. The van der Waals surface area contributed by atoms with Crippen molar-refractivity contribution in [2.24, 2.45) is 4.99 Å². The largest absolute Gasteiger partial charge is 0.507 e. The number of benzene rings is 6. The number of hydrogen-bond acceptors (Lipinski definition) is 4. The van der Waals surface area contributed by atoms with Crippen LogP contribution in [0, 0.1) is 9.39 Å². The van der Waals surface area contributed by atoms with Gasteiger partial charge in [-0.15, -0.1) is 11.3 Å². The van der Waals surface area contributed by atoms with E-state index in [-0.39, 0.29) is 17.0 Å². The summed E-state index contributed by atoms with van der Waals surface area (Å²) >= 11 is 3.90. The summed E-state index contributed by atoms with van der Waals surface area (Å²) in [6.45, 7) is 6.28. The van der Waals surface area contributed by atoms with Crippen molar-refractivity contribution in [3.05, 3.63) is 136 Å². The molecule has 0 fully saturated rings. The zero-order valence-corrected chi connectivity index (χ0v) is 28.5. The number of fused-ring (bicyclic) bond motifs is 2. The van der Waals surface area contributed by atoms with E-state index in [9.17, 15) is 9.50 Å². The number of phenols is 1. The Bertz CT molecular complexity index is 2280. The van der Waals surface area contributed by atoms with Crippen molar-refractivity contribution in [1.29, 1.82) is 0 Å². The molecule has 6 aromatic carbocycles. The van der Waals surface area contributed by atoms with Crippen LogP contribution in [0.15, 0.2) is 120 Å². The minimum absolute atomic E-state index is 0.207. The van der Waals surface area contributed by atoms with Crippen LogP contribution in [0.3, 0.4) is 0 Å². The molecule has 46 heavy (non-hydrogen) atoms. The van der Waals surface area contributed by atoms with Crippen LogP contribution in [0.25, 0.3) is 53.8 Å². The zero-order valence-electron chi connectivity index (χ0n) is 25.6. The number of rotatable bonds is 5. The summed E-state index contributed by atoms with van der Waals surface area (Å²) < 4.78 is 15.9. The summed E-state index contributed by atoms with van der Waals surface area (Å²) in [5, 5.41) is 14.3. The average molecular weight is 733 g/mol. The molecule has 0 saturated carbocycles. The number of nitrogens with zero attached hydrogens (tertiary/aromatic N) is 2. The van der Waals surface area contributed by atoms with E-state index in [2.05, 4.69) is 98.0 Å². The molecule has 7 rings (SSSR count). The summed E-state index contributed by atoms with van der Waals surface area (Å²) in [4.78, 5) is 10.1. The summed E-state index contributed by atoms with van der Waals surface area (Å²) in [7, 11) is 0. The highest BCUT2D eigenvalue weighted by atomic mass is 127. The van der Waals surface area contributed by atoms with Gasteiger partial charge in [0.2, 0.25) is 0 Å². The van der Waals surface area contributed by atoms with Gasteiger partial charge in [0.05, 0.1) is 15.9 Å². The Kier molecular flexibility index (Phi) is 7.95. The van der Waals surface area contributed by atoms with Crippen molar-refractivity contribution in [1.82, 2.24) is 4.98 Å². The fourth-order valence-corrected chi connectivity index (χ4v) is 7.53. The second-order valence-corrected chi connectivity index (χ2v) is 14.6. The third-order valence-electron chi connectivity index (χ3n) is 8.14. The molecule has 0 radical (unpaired) electrons. The first-order valence-corrected chi connectivity index (χ1v) is 16.9. The Morgan fingerprint density at radius 2 is 1.50 bits per heavy atom. The fourth-order valence-electron chi connectivity index (χ4n) is 5.82. The normalized spacial score (nSPS) is 12.0. The molecule has 3 nitrogen and oxygen atoms in total. The van der Waals surface area contributed by atoms with Crippen molar-refractivity contribution >= 4 is 66.8 Å². The fraction of sp³-hybridized carbons (Fsp3) is 0.100. The molecule has 0 aliphatic rings. The Morgan fingerprint density at radius 3 is 2.30 bits per heavy atom. The molecule has 1 N–H and O–H groups in total. The van der Waals surface area contributed by atoms with E-state index >= 15 is 0 Å². The Labute approximate surface area is 285 Å². The van der Waals surface area contributed by atoms with E-state index < -0.39 is 0 Å². The molecule has 0 saturated heterocycles. The van der Waals surface area contributed by atoms with Gasteiger partial charge in [0, 0.05) is 32.0 Å². The molecule has 7 aromatic rings. The highest BCUT2D eigenvalue weighted by molar-refractivity contribution is 14.1. The second-order valence-electron chi connectivity index (χ2n) is 12.3. The number of hydrogen-bond donors (Lipinski definition) is 1. The van der Waals surface area contributed by atoms with E-state index in [0.717, 1.165) is 68.6 Å². The van der Waals surface area contributed by atoms with E-state index in [1.165, 1.54) is 12.1 Å². The van der Waals surface area contributed by atoms with Gasteiger partial charge in [-0.05, 0) is 104 Å². The summed E-state index contributed by atoms with van der Waals surface area (Å²) in [6.07, 6.45) is 1.74. The predicted molar refractivity (Wildman–Crippen MR) is 200 cm³/mol. The van der Waals surface area contributed by atoms with Gasteiger partial charge in [-0.2, -0.15) is 0 Å². The molecular weight excluding hydrogens is 702 g/mol. The molecule has 1 heterocycles. The molecule has 0 amide bonds. The molecule has 0 atom stereocenters. The minimum Gasteiger partial charge on any atom is -0.507 e. The zero-order chi connectivity index (χ0) is 32.0. The lowest BCUT2D eigenvalue weighted by molar-refractivity contribution is 0.445. The van der Waals surface area contributed by atoms with Crippen molar-refractivity contribution in [3.8, 4) is 38.6 Å². The lowest BCUT2D eigenvalue weighted by Gasteiger charge is -2.21. The Hall–Kier alpha value is -4.40. The van der Waals surface area contributed by atoms with Gasteiger partial charge >= 0.3 is 0 Å². The molecule has 0 aliphatic carbocycles. The summed E-state index contributed by atoms with van der Waals surface area (Å²) in [5.41, 5.74) is 8.01. The minimum atomic E-state index is -0.260. The van der Waals surface area contributed by atoms with Crippen LogP contribution in [0.2, 0.25) is 0 Å². The first-order valence-electron chi connectivity index (χ1n) is 15.0. The third-order valence-corrected chi connectivity index (χ3v) is 9.80. The number of phenolic OH excluding ortho intramolecular Hbond substituents is 1. The molecule has 0 bridgehead atoms. The lowest BCUT2D eigenvalue weighted by atomic mass is 9.85. The van der Waals surface area contributed by atoms with Crippen LogP contribution >= 0.6 is 33.9 Å². The van der Waals surface area contributed by atoms with Gasteiger partial charge in [-0.25, -0.2) is 9.37 Å². The monoisotopic (exact) mass is 732 g/mol. The number of thiazole rings is 1. The van der Waals surface area contributed by atoms with Crippen LogP contribution in [-0.2, 0) is 5.41 Å². The second kappa shape index (κ2) is 12.1. The number of halogens is 2. The van der Waals surface area contributed by atoms with E-state index in [0.29, 0.717) is 5.56 Å². The lowest BCUT2D eigenvalue weighted by Crippen LogP contribution is -2.12. The predicted octanol–water partition coefficient (Wildman–Crippen LogP) is 11.9. The Balaban J connectivity index is 1.39. The van der Waals surface area contributed by atoms with E-state index in [4.69, 9.17) is 9.98 Å². The number of para-hydroxylation sites is 1. The first kappa shape index (κ1) is 30.3. The average Bonchev–Trinajstić information content (AvgIpc) is 3.48. The molecule has 0 spiro atoms. The van der Waals surface area contributed by atoms with Crippen molar-refractivity contribution in [2.45, 2.75) is 26.2 Å². The van der Waals surface area contributed by atoms with Gasteiger partial charge in [0.1, 0.15) is 16.6 Å². The highest BCUT2D eigenvalue weighted by Gasteiger charge is 2.21. The Morgan fingerprint density at radius 1 is 0.783 bits per heavy atom. The van der Waals surface area contributed by atoms with Gasteiger partial charge in [-0.1, -0.05) is 87.5 Å².